The Morgan fingerprint density at radius 1 is 1.03 bits per heavy atom. The molecular formula is C19H20ClN3O5S. The minimum absolute atomic E-state index is 0.140. The summed E-state index contributed by atoms with van der Waals surface area (Å²) < 4.78 is 32.1. The predicted octanol–water partition coefficient (Wildman–Crippen LogP) is 1.12. The zero-order valence-electron chi connectivity index (χ0n) is 15.4. The quantitative estimate of drug-likeness (QED) is 0.659. The van der Waals surface area contributed by atoms with E-state index in [0.717, 1.165) is 5.56 Å². The zero-order valence-corrected chi connectivity index (χ0v) is 16.9. The number of halogens is 1. The molecule has 2 aromatic rings. The molecule has 3 rings (SSSR count). The van der Waals surface area contributed by atoms with Crippen LogP contribution in [0.1, 0.15) is 5.56 Å². The highest BCUT2D eigenvalue weighted by Gasteiger charge is 2.36. The Bertz CT molecular complexity index is 967. The molecule has 1 aliphatic rings. The highest BCUT2D eigenvalue weighted by Crippen LogP contribution is 2.21. The van der Waals surface area contributed by atoms with E-state index in [1.54, 1.807) is 42.5 Å². The summed E-state index contributed by atoms with van der Waals surface area (Å²) in [6, 6.07) is 14.8. The van der Waals surface area contributed by atoms with Gasteiger partial charge >= 0.3 is 11.8 Å². The maximum Gasteiger partial charge on any atom is 0.309 e. The molecule has 0 unspecified atom stereocenters. The van der Waals surface area contributed by atoms with E-state index in [4.69, 9.17) is 16.3 Å². The molecule has 0 saturated carbocycles. The summed E-state index contributed by atoms with van der Waals surface area (Å²) in [4.78, 5) is 24.1. The van der Waals surface area contributed by atoms with Gasteiger partial charge in [0.1, 0.15) is 6.23 Å². The highest BCUT2D eigenvalue weighted by molar-refractivity contribution is 7.89. The Labute approximate surface area is 173 Å². The monoisotopic (exact) mass is 437 g/mol. The minimum atomic E-state index is -3.76. The average molecular weight is 438 g/mol. The molecule has 2 N–H and O–H groups in total. The Kier molecular flexibility index (Phi) is 6.86. The van der Waals surface area contributed by atoms with Crippen molar-refractivity contribution in [1.82, 2.24) is 14.9 Å². The molecule has 0 aromatic heterocycles. The number of sulfonamides is 1. The molecule has 1 heterocycles. The predicted molar refractivity (Wildman–Crippen MR) is 106 cm³/mol. The van der Waals surface area contributed by atoms with Gasteiger partial charge in [0, 0.05) is 18.1 Å². The van der Waals surface area contributed by atoms with Gasteiger partial charge in [0.05, 0.1) is 18.0 Å². The van der Waals surface area contributed by atoms with Crippen molar-refractivity contribution in [2.45, 2.75) is 17.7 Å². The first-order valence-electron chi connectivity index (χ1n) is 8.87. The van der Waals surface area contributed by atoms with Gasteiger partial charge in [-0.25, -0.2) is 8.42 Å². The van der Waals surface area contributed by atoms with Gasteiger partial charge < -0.3 is 15.4 Å². The van der Waals surface area contributed by atoms with Gasteiger partial charge in [-0.1, -0.05) is 41.9 Å². The average Bonchev–Trinajstić information content (AvgIpc) is 3.21. The summed E-state index contributed by atoms with van der Waals surface area (Å²) in [5.74, 6) is -1.69. The lowest BCUT2D eigenvalue weighted by molar-refractivity contribution is -0.139. The van der Waals surface area contributed by atoms with E-state index in [0.29, 0.717) is 5.02 Å². The number of amides is 2. The van der Waals surface area contributed by atoms with Crippen molar-refractivity contribution < 1.29 is 22.7 Å². The first-order valence-corrected chi connectivity index (χ1v) is 10.7. The Balaban J connectivity index is 1.53. The molecular weight excluding hydrogens is 418 g/mol. The number of rotatable bonds is 6. The summed E-state index contributed by atoms with van der Waals surface area (Å²) in [6.45, 7) is 0.396. The van der Waals surface area contributed by atoms with Crippen LogP contribution in [0.25, 0.3) is 0 Å². The number of nitrogens with one attached hydrogen (secondary N) is 2. The van der Waals surface area contributed by atoms with Crippen LogP contribution < -0.4 is 10.6 Å². The van der Waals surface area contributed by atoms with E-state index < -0.39 is 28.1 Å². The van der Waals surface area contributed by atoms with Crippen LogP contribution in [0.15, 0.2) is 59.5 Å². The van der Waals surface area contributed by atoms with Gasteiger partial charge in [-0.3, -0.25) is 9.59 Å². The van der Waals surface area contributed by atoms with E-state index in [9.17, 15) is 18.0 Å². The van der Waals surface area contributed by atoms with Crippen molar-refractivity contribution in [3.63, 3.8) is 0 Å². The molecule has 2 aromatic carbocycles. The van der Waals surface area contributed by atoms with Gasteiger partial charge in [-0.15, -0.1) is 0 Å². The van der Waals surface area contributed by atoms with Crippen LogP contribution in [-0.2, 0) is 30.9 Å². The van der Waals surface area contributed by atoms with Crippen molar-refractivity contribution in [1.29, 1.82) is 0 Å². The normalized spacial score (nSPS) is 17.1. The lowest BCUT2D eigenvalue weighted by Crippen LogP contribution is -2.47. The van der Waals surface area contributed by atoms with Crippen molar-refractivity contribution in [3.8, 4) is 0 Å². The fraction of sp³-hybridized carbons (Fsp3) is 0.263. The first-order chi connectivity index (χ1) is 13.9. The van der Waals surface area contributed by atoms with Gasteiger partial charge in [0.25, 0.3) is 0 Å². The molecule has 8 nitrogen and oxygen atoms in total. The third kappa shape index (κ3) is 5.33. The van der Waals surface area contributed by atoms with Gasteiger partial charge in [0.15, 0.2) is 0 Å². The van der Waals surface area contributed by atoms with Crippen LogP contribution in [0, 0.1) is 0 Å². The van der Waals surface area contributed by atoms with Crippen LogP contribution in [-0.4, -0.2) is 50.5 Å². The molecule has 1 atom stereocenters. The molecule has 0 bridgehead atoms. The number of carbonyl (C=O) groups excluding carboxylic acids is 2. The molecule has 0 aliphatic carbocycles. The van der Waals surface area contributed by atoms with E-state index in [2.05, 4.69) is 10.6 Å². The molecule has 154 valence electrons. The van der Waals surface area contributed by atoms with Crippen LogP contribution in [0.2, 0.25) is 5.02 Å². The number of nitrogens with zero attached hydrogens (tertiary/aromatic N) is 1. The van der Waals surface area contributed by atoms with E-state index in [1.165, 1.54) is 16.4 Å². The van der Waals surface area contributed by atoms with Crippen molar-refractivity contribution >= 4 is 33.4 Å². The maximum absolute atomic E-state index is 12.8. The maximum atomic E-state index is 12.8. The zero-order chi connectivity index (χ0) is 20.9. The second-order valence-electron chi connectivity index (χ2n) is 6.27. The second-order valence-corrected chi connectivity index (χ2v) is 8.60. The standard InChI is InChI=1S/C19H20ClN3O5S/c20-15-8-6-14(7-9-15)12-21-18(24)19(25)22-13-17-23(10-11-28-17)29(26,27)16-4-2-1-3-5-16/h1-9,17H,10-13H2,(H,21,24)(H,22,25)/t17-/m0/s1. The summed E-state index contributed by atoms with van der Waals surface area (Å²) in [7, 11) is -3.76. The van der Waals surface area contributed by atoms with Crippen molar-refractivity contribution in [3.05, 3.63) is 65.2 Å². The molecule has 1 aliphatic heterocycles. The Morgan fingerprint density at radius 2 is 1.69 bits per heavy atom. The summed E-state index contributed by atoms with van der Waals surface area (Å²) in [5, 5.41) is 5.49. The van der Waals surface area contributed by atoms with Crippen LogP contribution >= 0.6 is 11.6 Å². The number of hydrogen-bond donors (Lipinski definition) is 2. The molecule has 1 saturated heterocycles. The van der Waals surface area contributed by atoms with Crippen LogP contribution in [0.4, 0.5) is 0 Å². The molecule has 29 heavy (non-hydrogen) atoms. The number of benzene rings is 2. The van der Waals surface area contributed by atoms with Crippen LogP contribution in [0.5, 0.6) is 0 Å². The summed E-state index contributed by atoms with van der Waals surface area (Å²) >= 11 is 5.80. The SMILES string of the molecule is O=C(NCc1ccc(Cl)cc1)C(=O)NC[C@@H]1OCCN1S(=O)(=O)c1ccccc1. The fourth-order valence-electron chi connectivity index (χ4n) is 2.79. The third-order valence-electron chi connectivity index (χ3n) is 4.30. The lowest BCUT2D eigenvalue weighted by Gasteiger charge is -2.22. The summed E-state index contributed by atoms with van der Waals surface area (Å²) in [5.41, 5.74) is 0.787. The molecule has 2 amide bonds. The Hall–Kier alpha value is -2.46. The van der Waals surface area contributed by atoms with Gasteiger partial charge in [-0.05, 0) is 29.8 Å². The van der Waals surface area contributed by atoms with E-state index in [1.807, 2.05) is 0 Å². The van der Waals surface area contributed by atoms with Crippen molar-refractivity contribution in [2.75, 3.05) is 19.7 Å². The lowest BCUT2D eigenvalue weighted by atomic mass is 10.2. The molecule has 0 spiro atoms. The molecule has 10 heteroatoms. The minimum Gasteiger partial charge on any atom is -0.359 e. The molecule has 1 fully saturated rings. The van der Waals surface area contributed by atoms with Gasteiger partial charge in [-0.2, -0.15) is 4.31 Å². The topological polar surface area (TPSA) is 105 Å². The molecule has 0 radical (unpaired) electrons. The smallest absolute Gasteiger partial charge is 0.309 e. The number of ether oxygens (including phenoxy) is 1. The van der Waals surface area contributed by atoms with E-state index in [-0.39, 0.29) is 31.1 Å². The number of carbonyl (C=O) groups is 2. The number of hydrogen-bond acceptors (Lipinski definition) is 5. The Morgan fingerprint density at radius 3 is 2.38 bits per heavy atom. The van der Waals surface area contributed by atoms with Gasteiger partial charge in [0.2, 0.25) is 10.0 Å². The van der Waals surface area contributed by atoms with E-state index >= 15 is 0 Å². The highest BCUT2D eigenvalue weighted by atomic mass is 35.5. The largest absolute Gasteiger partial charge is 0.359 e. The third-order valence-corrected chi connectivity index (χ3v) is 6.46. The first kappa shape index (κ1) is 21.3. The second kappa shape index (κ2) is 9.36. The summed E-state index contributed by atoms with van der Waals surface area (Å²) in [6.07, 6.45) is -0.881. The van der Waals surface area contributed by atoms with Crippen LogP contribution in [0.3, 0.4) is 0 Å². The van der Waals surface area contributed by atoms with Crippen molar-refractivity contribution in [2.24, 2.45) is 0 Å². The fourth-order valence-corrected chi connectivity index (χ4v) is 4.45.